The van der Waals surface area contributed by atoms with E-state index in [9.17, 15) is 4.79 Å². The molecule has 1 aromatic rings. The van der Waals surface area contributed by atoms with Gasteiger partial charge in [-0.2, -0.15) is 0 Å². The van der Waals surface area contributed by atoms with Crippen molar-refractivity contribution in [2.45, 2.75) is 58.7 Å². The largest absolute Gasteiger partial charge is 0.493 e. The van der Waals surface area contributed by atoms with E-state index in [-0.39, 0.29) is 12.1 Å². The topological polar surface area (TPSA) is 84.4 Å². The maximum absolute atomic E-state index is 12.0. The maximum atomic E-state index is 12.0. The molecule has 1 atom stereocenters. The molecule has 1 unspecified atom stereocenters. The maximum Gasteiger partial charge on any atom is 0.407 e. The van der Waals surface area contributed by atoms with Gasteiger partial charge in [-0.1, -0.05) is 13.0 Å². The van der Waals surface area contributed by atoms with Crippen molar-refractivity contribution >= 4 is 12.1 Å². The van der Waals surface area contributed by atoms with E-state index in [1.807, 2.05) is 39.0 Å². The first-order valence-electron chi connectivity index (χ1n) is 10.5. The van der Waals surface area contributed by atoms with E-state index in [1.54, 1.807) is 14.2 Å². The summed E-state index contributed by atoms with van der Waals surface area (Å²) in [5, 5.41) is 6.33. The summed E-state index contributed by atoms with van der Waals surface area (Å²) < 4.78 is 16.5. The van der Waals surface area contributed by atoms with Crippen molar-refractivity contribution in [3.8, 4) is 11.5 Å². The second kappa shape index (κ2) is 10.9. The second-order valence-electron chi connectivity index (χ2n) is 8.31. The molecule has 1 aliphatic rings. The molecule has 2 rings (SSSR count). The number of amides is 1. The van der Waals surface area contributed by atoms with Gasteiger partial charge in [0.15, 0.2) is 17.5 Å². The first-order valence-corrected chi connectivity index (χ1v) is 10.5. The molecule has 1 saturated heterocycles. The number of alkyl carbamates (subject to hydrolysis) is 1. The van der Waals surface area contributed by atoms with E-state index >= 15 is 0 Å². The SMILES string of the molecule is CCCOc1ccc(CNC(=NC)N2CCC(NC(=O)OC(C)(C)C)C2)cc1OC. The minimum atomic E-state index is -0.502. The molecule has 168 valence electrons. The van der Waals surface area contributed by atoms with Crippen molar-refractivity contribution in [2.24, 2.45) is 4.99 Å². The first-order chi connectivity index (χ1) is 14.3. The number of nitrogens with zero attached hydrogens (tertiary/aromatic N) is 2. The van der Waals surface area contributed by atoms with Crippen LogP contribution >= 0.6 is 0 Å². The Bertz CT molecular complexity index is 730. The molecule has 30 heavy (non-hydrogen) atoms. The standard InChI is InChI=1S/C22H36N4O4/c1-7-12-29-18-9-8-16(13-19(18)28-6)14-24-20(23-5)26-11-10-17(15-26)25-21(27)30-22(2,3)4/h8-9,13,17H,7,10-12,14-15H2,1-6H3,(H,23,24)(H,25,27). The van der Waals surface area contributed by atoms with Crippen LogP contribution in [0.4, 0.5) is 4.79 Å². The van der Waals surface area contributed by atoms with Crippen LogP contribution in [-0.4, -0.2) is 62.4 Å². The number of aliphatic imine (C=N–C) groups is 1. The van der Waals surface area contributed by atoms with Crippen molar-refractivity contribution in [1.29, 1.82) is 0 Å². The Balaban J connectivity index is 1.88. The minimum Gasteiger partial charge on any atom is -0.493 e. The van der Waals surface area contributed by atoms with Gasteiger partial charge in [-0.3, -0.25) is 4.99 Å². The van der Waals surface area contributed by atoms with Gasteiger partial charge >= 0.3 is 6.09 Å². The molecule has 1 fully saturated rings. The molecule has 0 aromatic heterocycles. The molecule has 8 nitrogen and oxygen atoms in total. The Morgan fingerprint density at radius 2 is 2.07 bits per heavy atom. The number of nitrogens with one attached hydrogen (secondary N) is 2. The lowest BCUT2D eigenvalue weighted by Gasteiger charge is -2.23. The molecule has 1 amide bonds. The predicted molar refractivity (Wildman–Crippen MR) is 118 cm³/mol. The van der Waals surface area contributed by atoms with Gasteiger partial charge in [0, 0.05) is 26.7 Å². The number of hydrogen-bond donors (Lipinski definition) is 2. The second-order valence-corrected chi connectivity index (χ2v) is 8.31. The van der Waals surface area contributed by atoms with Crippen LogP contribution in [0.15, 0.2) is 23.2 Å². The van der Waals surface area contributed by atoms with Gasteiger partial charge in [-0.15, -0.1) is 0 Å². The highest BCUT2D eigenvalue weighted by atomic mass is 16.6. The summed E-state index contributed by atoms with van der Waals surface area (Å²) in [6.45, 7) is 10.4. The zero-order valence-electron chi connectivity index (χ0n) is 19.1. The number of carbonyl (C=O) groups excluding carboxylic acids is 1. The molecular formula is C22H36N4O4. The Hall–Kier alpha value is -2.64. The Labute approximate surface area is 180 Å². The third kappa shape index (κ3) is 7.31. The third-order valence-corrected chi connectivity index (χ3v) is 4.56. The van der Waals surface area contributed by atoms with Crippen LogP contribution < -0.4 is 20.1 Å². The lowest BCUT2D eigenvalue weighted by molar-refractivity contribution is 0.0507. The Morgan fingerprint density at radius 1 is 1.30 bits per heavy atom. The van der Waals surface area contributed by atoms with E-state index in [2.05, 4.69) is 27.4 Å². The zero-order valence-corrected chi connectivity index (χ0v) is 19.1. The van der Waals surface area contributed by atoms with E-state index in [4.69, 9.17) is 14.2 Å². The minimum absolute atomic E-state index is 0.0356. The lowest BCUT2D eigenvalue weighted by atomic mass is 10.2. The number of hydrogen-bond acceptors (Lipinski definition) is 5. The summed E-state index contributed by atoms with van der Waals surface area (Å²) in [5.41, 5.74) is 0.567. The summed E-state index contributed by atoms with van der Waals surface area (Å²) in [7, 11) is 3.41. The Kier molecular flexibility index (Phi) is 8.62. The summed E-state index contributed by atoms with van der Waals surface area (Å²) in [4.78, 5) is 18.5. The molecule has 0 bridgehead atoms. The van der Waals surface area contributed by atoms with Gasteiger partial charge in [-0.05, 0) is 51.3 Å². The van der Waals surface area contributed by atoms with E-state index in [1.165, 1.54) is 0 Å². The number of methoxy groups -OCH3 is 1. The predicted octanol–water partition coefficient (Wildman–Crippen LogP) is 3.16. The molecule has 1 aliphatic heterocycles. The molecule has 2 N–H and O–H groups in total. The molecule has 0 aliphatic carbocycles. The fourth-order valence-electron chi connectivity index (χ4n) is 3.21. The summed E-state index contributed by atoms with van der Waals surface area (Å²) >= 11 is 0. The van der Waals surface area contributed by atoms with Gasteiger partial charge in [-0.25, -0.2) is 4.79 Å². The fraction of sp³-hybridized carbons (Fsp3) is 0.636. The van der Waals surface area contributed by atoms with Gasteiger partial charge in [0.25, 0.3) is 0 Å². The molecule has 1 heterocycles. The summed E-state index contributed by atoms with van der Waals surface area (Å²) in [6.07, 6.45) is 1.41. The van der Waals surface area contributed by atoms with Gasteiger partial charge in [0.2, 0.25) is 0 Å². The van der Waals surface area contributed by atoms with Crippen LogP contribution in [0.25, 0.3) is 0 Å². The Morgan fingerprint density at radius 3 is 2.70 bits per heavy atom. The number of ether oxygens (including phenoxy) is 3. The van der Waals surface area contributed by atoms with E-state index in [0.29, 0.717) is 19.7 Å². The van der Waals surface area contributed by atoms with Gasteiger partial charge in [0.05, 0.1) is 19.8 Å². The fourth-order valence-corrected chi connectivity index (χ4v) is 3.21. The van der Waals surface area contributed by atoms with E-state index in [0.717, 1.165) is 42.4 Å². The molecule has 0 spiro atoms. The number of rotatable bonds is 7. The van der Waals surface area contributed by atoms with Crippen LogP contribution in [0.1, 0.15) is 46.1 Å². The number of guanidine groups is 1. The highest BCUT2D eigenvalue weighted by Gasteiger charge is 2.27. The third-order valence-electron chi connectivity index (χ3n) is 4.56. The molecular weight excluding hydrogens is 384 g/mol. The molecule has 0 saturated carbocycles. The average molecular weight is 421 g/mol. The van der Waals surface area contributed by atoms with Crippen LogP contribution in [0.5, 0.6) is 11.5 Å². The first kappa shape index (κ1) is 23.6. The molecule has 8 heteroatoms. The smallest absolute Gasteiger partial charge is 0.407 e. The van der Waals surface area contributed by atoms with E-state index < -0.39 is 5.60 Å². The molecule has 0 radical (unpaired) electrons. The van der Waals surface area contributed by atoms with Crippen LogP contribution in [0.3, 0.4) is 0 Å². The monoisotopic (exact) mass is 420 g/mol. The van der Waals surface area contributed by atoms with Crippen molar-refractivity contribution in [2.75, 3.05) is 33.9 Å². The number of likely N-dealkylation sites (tertiary alicyclic amines) is 1. The van der Waals surface area contributed by atoms with Crippen molar-refractivity contribution in [3.63, 3.8) is 0 Å². The van der Waals surface area contributed by atoms with Gasteiger partial charge in [0.1, 0.15) is 5.60 Å². The average Bonchev–Trinajstić information content (AvgIpc) is 3.13. The lowest BCUT2D eigenvalue weighted by Crippen LogP contribution is -2.44. The van der Waals surface area contributed by atoms with Crippen molar-refractivity contribution in [1.82, 2.24) is 15.5 Å². The normalized spacial score (nSPS) is 16.9. The summed E-state index contributed by atoms with van der Waals surface area (Å²) in [5.74, 6) is 2.28. The van der Waals surface area contributed by atoms with Crippen LogP contribution in [0, 0.1) is 0 Å². The van der Waals surface area contributed by atoms with Crippen LogP contribution in [0.2, 0.25) is 0 Å². The molecule has 1 aromatic carbocycles. The van der Waals surface area contributed by atoms with Crippen molar-refractivity contribution < 1.29 is 19.0 Å². The quantitative estimate of drug-likeness (QED) is 0.521. The summed E-state index contributed by atoms with van der Waals surface area (Å²) in [6, 6.07) is 5.96. The van der Waals surface area contributed by atoms with Gasteiger partial charge < -0.3 is 29.7 Å². The van der Waals surface area contributed by atoms with Crippen molar-refractivity contribution in [3.05, 3.63) is 23.8 Å². The zero-order chi connectivity index (χ0) is 22.1. The highest BCUT2D eigenvalue weighted by Crippen LogP contribution is 2.28. The highest BCUT2D eigenvalue weighted by molar-refractivity contribution is 5.80. The van der Waals surface area contributed by atoms with Crippen LogP contribution in [-0.2, 0) is 11.3 Å². The number of benzene rings is 1. The number of carbonyl (C=O) groups is 1.